The van der Waals surface area contributed by atoms with Crippen LogP contribution >= 0.6 is 11.6 Å². The molecule has 0 fully saturated rings. The lowest BCUT2D eigenvalue weighted by Gasteiger charge is -2.12. The van der Waals surface area contributed by atoms with Gasteiger partial charge < -0.3 is 5.32 Å². The quantitative estimate of drug-likeness (QED) is 0.116. The number of benzene rings is 1. The predicted octanol–water partition coefficient (Wildman–Crippen LogP) is 5.01. The van der Waals surface area contributed by atoms with E-state index in [4.69, 9.17) is 16.8 Å². The molecule has 39 heavy (non-hydrogen) atoms. The van der Waals surface area contributed by atoms with Crippen molar-refractivity contribution in [2.24, 2.45) is 0 Å². The van der Waals surface area contributed by atoms with Crippen molar-refractivity contribution in [3.63, 3.8) is 0 Å². The van der Waals surface area contributed by atoms with Crippen molar-refractivity contribution in [1.82, 2.24) is 15.4 Å². The van der Waals surface area contributed by atoms with Gasteiger partial charge in [-0.25, -0.2) is 18.9 Å². The molecule has 0 saturated heterocycles. The van der Waals surface area contributed by atoms with E-state index in [0.717, 1.165) is 6.08 Å². The molecule has 1 aromatic carbocycles. The van der Waals surface area contributed by atoms with E-state index >= 15 is 0 Å². The minimum Gasteiger partial charge on any atom is -0.322 e. The molecule has 4 N–H and O–H groups in total. The Hall–Kier alpha value is -4.32. The highest BCUT2D eigenvalue weighted by Crippen LogP contribution is 2.29. The third kappa shape index (κ3) is 8.34. The summed E-state index contributed by atoms with van der Waals surface area (Å²) in [5.41, 5.74) is 3.90. The van der Waals surface area contributed by atoms with Crippen molar-refractivity contribution in [2.45, 2.75) is 20.3 Å². The highest BCUT2D eigenvalue weighted by atomic mass is 35.5. The average molecular weight is 568 g/mol. The number of aromatic nitrogens is 2. The van der Waals surface area contributed by atoms with E-state index in [9.17, 15) is 18.0 Å². The maximum atomic E-state index is 12.9. The number of pyridine rings is 2. The SMILES string of the molecule is C/C(=C\C=C/C/C=C/C(=O)NO)S(=O)(=O)Nc1ccc(C(=O)Nc2ccc(Cl)c(-c3ccccn3)c2)c(C)n1. The zero-order valence-corrected chi connectivity index (χ0v) is 22.6. The Balaban J connectivity index is 1.67. The maximum Gasteiger partial charge on any atom is 0.267 e. The summed E-state index contributed by atoms with van der Waals surface area (Å²) in [6.45, 7) is 3.02. The number of halogens is 1. The number of hydroxylamine groups is 1. The third-order valence-electron chi connectivity index (χ3n) is 5.28. The number of nitrogens with one attached hydrogen (secondary N) is 3. The number of hydrogen-bond donors (Lipinski definition) is 4. The monoisotopic (exact) mass is 567 g/mol. The zero-order chi connectivity index (χ0) is 28.4. The van der Waals surface area contributed by atoms with Gasteiger partial charge in [0.2, 0.25) is 0 Å². The molecule has 3 rings (SSSR count). The fourth-order valence-electron chi connectivity index (χ4n) is 3.26. The number of nitrogens with zero attached hydrogens (tertiary/aromatic N) is 2. The number of anilines is 2. The Kier molecular flexibility index (Phi) is 10.1. The molecular weight excluding hydrogens is 542 g/mol. The second-order valence-corrected chi connectivity index (χ2v) is 10.4. The lowest BCUT2D eigenvalue weighted by Crippen LogP contribution is -2.17. The van der Waals surface area contributed by atoms with E-state index < -0.39 is 21.8 Å². The van der Waals surface area contributed by atoms with Crippen LogP contribution in [0.3, 0.4) is 0 Å². The minimum atomic E-state index is -3.89. The molecule has 0 saturated carbocycles. The molecule has 202 valence electrons. The summed E-state index contributed by atoms with van der Waals surface area (Å²) in [5.74, 6) is -1.02. The fraction of sp³-hybridized carbons (Fsp3) is 0.111. The van der Waals surface area contributed by atoms with Gasteiger partial charge in [-0.2, -0.15) is 0 Å². The zero-order valence-electron chi connectivity index (χ0n) is 21.1. The van der Waals surface area contributed by atoms with Gasteiger partial charge in [-0.3, -0.25) is 24.5 Å². The first kappa shape index (κ1) is 29.2. The first-order valence-electron chi connectivity index (χ1n) is 11.6. The highest BCUT2D eigenvalue weighted by Gasteiger charge is 2.17. The largest absolute Gasteiger partial charge is 0.322 e. The number of hydrogen-bond acceptors (Lipinski definition) is 7. The van der Waals surface area contributed by atoms with Gasteiger partial charge in [0.15, 0.2) is 0 Å². The standard InChI is InChI=1S/C27H26ClN5O5S/c1-18(9-5-3-4-6-11-26(34)32-36)39(37,38)33-25-15-13-21(19(2)30-25)27(35)31-20-12-14-23(28)22(17-20)24-10-7-8-16-29-24/h3,5-17,36H,4H2,1-2H3,(H,30,33)(H,31,35)(H,32,34)/b5-3-,11-6+,18-9+. The molecule has 12 heteroatoms. The first-order valence-corrected chi connectivity index (χ1v) is 13.4. The van der Waals surface area contributed by atoms with E-state index in [1.807, 2.05) is 12.1 Å². The summed E-state index contributed by atoms with van der Waals surface area (Å²) in [4.78, 5) is 32.4. The van der Waals surface area contributed by atoms with Crippen molar-refractivity contribution in [3.05, 3.63) is 106 Å². The predicted molar refractivity (Wildman–Crippen MR) is 151 cm³/mol. The summed E-state index contributed by atoms with van der Waals surface area (Å²) >= 11 is 6.32. The summed E-state index contributed by atoms with van der Waals surface area (Å²) < 4.78 is 27.7. The van der Waals surface area contributed by atoms with Crippen molar-refractivity contribution in [1.29, 1.82) is 0 Å². The van der Waals surface area contributed by atoms with Gasteiger partial charge in [-0.1, -0.05) is 35.9 Å². The normalized spacial score (nSPS) is 12.1. The Morgan fingerprint density at radius 2 is 1.90 bits per heavy atom. The third-order valence-corrected chi connectivity index (χ3v) is 7.07. The van der Waals surface area contributed by atoms with Crippen LogP contribution in [-0.2, 0) is 14.8 Å². The number of sulfonamides is 1. The topological polar surface area (TPSA) is 150 Å². The van der Waals surface area contributed by atoms with E-state index in [-0.39, 0.29) is 16.3 Å². The van der Waals surface area contributed by atoms with E-state index in [2.05, 4.69) is 20.0 Å². The van der Waals surface area contributed by atoms with E-state index in [1.54, 1.807) is 43.5 Å². The van der Waals surface area contributed by atoms with Crippen LogP contribution in [0.5, 0.6) is 0 Å². The number of rotatable bonds is 10. The number of aryl methyl sites for hydroxylation is 1. The van der Waals surface area contributed by atoms with E-state index in [1.165, 1.54) is 42.8 Å². The smallest absolute Gasteiger partial charge is 0.267 e. The van der Waals surface area contributed by atoms with Crippen molar-refractivity contribution >= 4 is 44.9 Å². The number of amides is 2. The van der Waals surface area contributed by atoms with Crippen molar-refractivity contribution < 1.29 is 23.2 Å². The van der Waals surface area contributed by atoms with Gasteiger partial charge in [-0.05, 0) is 68.8 Å². The molecule has 0 spiro atoms. The Bertz CT molecular complexity index is 1550. The Morgan fingerprint density at radius 1 is 1.10 bits per heavy atom. The molecule has 0 atom stereocenters. The molecule has 3 aromatic rings. The Labute approximate surface area is 231 Å². The van der Waals surface area contributed by atoms with Crippen LogP contribution < -0.4 is 15.5 Å². The maximum absolute atomic E-state index is 12.9. The van der Waals surface area contributed by atoms with E-state index in [0.29, 0.717) is 34.1 Å². The second-order valence-electron chi connectivity index (χ2n) is 8.12. The molecule has 0 aliphatic rings. The van der Waals surface area contributed by atoms with Crippen molar-refractivity contribution in [3.8, 4) is 11.3 Å². The van der Waals surface area contributed by atoms with Crippen LogP contribution in [0, 0.1) is 6.92 Å². The number of carbonyl (C=O) groups excluding carboxylic acids is 2. The van der Waals surface area contributed by atoms with Gasteiger partial charge in [0.1, 0.15) is 5.82 Å². The summed E-state index contributed by atoms with van der Waals surface area (Å²) in [6.07, 6.45) is 9.20. The fourth-order valence-corrected chi connectivity index (χ4v) is 4.28. The number of carbonyl (C=O) groups is 2. The molecule has 0 bridgehead atoms. The van der Waals surface area contributed by atoms with Gasteiger partial charge >= 0.3 is 0 Å². The molecule has 2 heterocycles. The van der Waals surface area contributed by atoms with Gasteiger partial charge in [-0.15, -0.1) is 0 Å². The molecular formula is C27H26ClN5O5S. The molecule has 0 aliphatic carbocycles. The molecule has 10 nitrogen and oxygen atoms in total. The molecule has 2 aromatic heterocycles. The van der Waals surface area contributed by atoms with Crippen LogP contribution in [0.1, 0.15) is 29.4 Å². The second kappa shape index (κ2) is 13.5. The molecule has 0 aliphatic heterocycles. The van der Waals surface area contributed by atoms with Crippen LogP contribution in [0.2, 0.25) is 5.02 Å². The molecule has 0 radical (unpaired) electrons. The average Bonchev–Trinajstić information content (AvgIpc) is 2.91. The Morgan fingerprint density at radius 3 is 2.59 bits per heavy atom. The number of allylic oxidation sites excluding steroid dienone is 5. The highest BCUT2D eigenvalue weighted by molar-refractivity contribution is 7.96. The van der Waals surface area contributed by atoms with Crippen LogP contribution in [0.15, 0.2) is 90.0 Å². The van der Waals surface area contributed by atoms with Gasteiger partial charge in [0.25, 0.3) is 21.8 Å². The first-order chi connectivity index (χ1) is 18.6. The summed E-state index contributed by atoms with van der Waals surface area (Å²) in [5, 5.41) is 11.7. The lowest BCUT2D eigenvalue weighted by molar-refractivity contribution is -0.124. The summed E-state index contributed by atoms with van der Waals surface area (Å²) in [6, 6.07) is 13.4. The molecule has 0 unspecified atom stereocenters. The van der Waals surface area contributed by atoms with Crippen LogP contribution in [0.4, 0.5) is 11.5 Å². The van der Waals surface area contributed by atoms with Crippen LogP contribution in [0.25, 0.3) is 11.3 Å². The molecule has 2 amide bonds. The minimum absolute atomic E-state index is 0.0311. The lowest BCUT2D eigenvalue weighted by atomic mass is 10.1. The van der Waals surface area contributed by atoms with Crippen molar-refractivity contribution in [2.75, 3.05) is 10.0 Å². The van der Waals surface area contributed by atoms with Gasteiger partial charge in [0.05, 0.1) is 26.9 Å². The van der Waals surface area contributed by atoms with Gasteiger partial charge in [0, 0.05) is 23.5 Å². The van der Waals surface area contributed by atoms with Crippen LogP contribution in [-0.4, -0.2) is 35.4 Å². The summed E-state index contributed by atoms with van der Waals surface area (Å²) in [7, 11) is -3.89.